The van der Waals surface area contributed by atoms with E-state index in [1.54, 1.807) is 0 Å². The first-order valence-electron chi connectivity index (χ1n) is 7.79. The molecule has 0 radical (unpaired) electrons. The van der Waals surface area contributed by atoms with Crippen LogP contribution in [0.2, 0.25) is 0 Å². The molecule has 1 unspecified atom stereocenters. The highest BCUT2D eigenvalue weighted by Crippen LogP contribution is 2.06. The van der Waals surface area contributed by atoms with E-state index >= 15 is 0 Å². The fraction of sp³-hybridized carbons (Fsp3) is 0.867. The second-order valence-electron chi connectivity index (χ2n) is 5.49. The van der Waals surface area contributed by atoms with Gasteiger partial charge < -0.3 is 20.3 Å². The summed E-state index contributed by atoms with van der Waals surface area (Å²) in [5, 5.41) is 5.46. The third-order valence-corrected chi connectivity index (χ3v) is 3.33. The van der Waals surface area contributed by atoms with Gasteiger partial charge in [-0.1, -0.05) is 27.7 Å². The lowest BCUT2D eigenvalue weighted by atomic mass is 10.0. The molecule has 0 saturated heterocycles. The van der Waals surface area contributed by atoms with Gasteiger partial charge in [0.1, 0.15) is 6.04 Å². The van der Waals surface area contributed by atoms with Gasteiger partial charge in [-0.2, -0.15) is 0 Å². The molecule has 21 heavy (non-hydrogen) atoms. The van der Waals surface area contributed by atoms with Gasteiger partial charge in [0.15, 0.2) is 0 Å². The van der Waals surface area contributed by atoms with Crippen molar-refractivity contribution in [3.8, 4) is 0 Å². The Labute approximate surface area is 128 Å². The highest BCUT2D eigenvalue weighted by atomic mass is 16.5. The molecular weight excluding hydrogens is 270 g/mol. The Balaban J connectivity index is 4.06. The standard InChI is InChI=1S/C15H31N3O3/c1-6-18(7-2)10-8-9-16-15(20)17-13(11-12(3)4)14(19)21-5/h12-13H,6-11H2,1-5H3,(H2,16,17,20). The first kappa shape index (κ1) is 19.7. The van der Waals surface area contributed by atoms with Crippen LogP contribution in [-0.4, -0.2) is 56.2 Å². The van der Waals surface area contributed by atoms with E-state index in [1.807, 2.05) is 13.8 Å². The summed E-state index contributed by atoms with van der Waals surface area (Å²) in [6, 6.07) is -0.900. The smallest absolute Gasteiger partial charge is 0.328 e. The number of rotatable bonds is 10. The molecule has 0 aliphatic rings. The first-order chi connectivity index (χ1) is 9.94. The maximum absolute atomic E-state index is 11.8. The fourth-order valence-electron chi connectivity index (χ4n) is 2.08. The van der Waals surface area contributed by atoms with Crippen LogP contribution >= 0.6 is 0 Å². The lowest BCUT2D eigenvalue weighted by molar-refractivity contribution is -0.143. The summed E-state index contributed by atoms with van der Waals surface area (Å²) >= 11 is 0. The van der Waals surface area contributed by atoms with Crippen molar-refractivity contribution in [3.63, 3.8) is 0 Å². The number of amides is 2. The minimum Gasteiger partial charge on any atom is -0.467 e. The van der Waals surface area contributed by atoms with Crippen molar-refractivity contribution in [2.75, 3.05) is 33.3 Å². The molecule has 0 bridgehead atoms. The minimum absolute atomic E-state index is 0.303. The van der Waals surface area contributed by atoms with E-state index in [0.29, 0.717) is 18.9 Å². The molecule has 0 aromatic rings. The largest absolute Gasteiger partial charge is 0.467 e. The average molecular weight is 301 g/mol. The van der Waals surface area contributed by atoms with Crippen molar-refractivity contribution in [2.24, 2.45) is 5.92 Å². The second kappa shape index (κ2) is 11.4. The predicted molar refractivity (Wildman–Crippen MR) is 84.2 cm³/mol. The zero-order valence-corrected chi connectivity index (χ0v) is 14.1. The minimum atomic E-state index is -0.585. The van der Waals surface area contributed by atoms with Crippen molar-refractivity contribution in [3.05, 3.63) is 0 Å². The van der Waals surface area contributed by atoms with Crippen molar-refractivity contribution in [1.29, 1.82) is 0 Å². The molecule has 0 aromatic heterocycles. The van der Waals surface area contributed by atoms with E-state index in [1.165, 1.54) is 7.11 Å². The predicted octanol–water partition coefficient (Wildman–Crippen LogP) is 1.61. The van der Waals surface area contributed by atoms with Crippen molar-refractivity contribution >= 4 is 12.0 Å². The number of carbonyl (C=O) groups excluding carboxylic acids is 2. The lowest BCUT2D eigenvalue weighted by Gasteiger charge is -2.20. The zero-order chi connectivity index (χ0) is 16.3. The summed E-state index contributed by atoms with van der Waals surface area (Å²) in [5.41, 5.74) is 0. The van der Waals surface area contributed by atoms with E-state index in [-0.39, 0.29) is 6.03 Å². The van der Waals surface area contributed by atoms with Gasteiger partial charge in [-0.15, -0.1) is 0 Å². The molecule has 0 rings (SSSR count). The van der Waals surface area contributed by atoms with Crippen molar-refractivity contribution in [1.82, 2.24) is 15.5 Å². The van der Waals surface area contributed by atoms with E-state index in [9.17, 15) is 9.59 Å². The maximum atomic E-state index is 11.8. The molecule has 6 heteroatoms. The van der Waals surface area contributed by atoms with Gasteiger partial charge in [-0.3, -0.25) is 0 Å². The highest BCUT2D eigenvalue weighted by Gasteiger charge is 2.22. The Hall–Kier alpha value is -1.30. The van der Waals surface area contributed by atoms with Gasteiger partial charge in [0.25, 0.3) is 0 Å². The van der Waals surface area contributed by atoms with Crippen LogP contribution in [0.15, 0.2) is 0 Å². The van der Waals surface area contributed by atoms with Crippen LogP contribution in [0.25, 0.3) is 0 Å². The van der Waals surface area contributed by atoms with E-state index < -0.39 is 12.0 Å². The monoisotopic (exact) mass is 301 g/mol. The molecular formula is C15H31N3O3. The summed E-state index contributed by atoms with van der Waals surface area (Å²) in [4.78, 5) is 25.7. The number of ether oxygens (including phenoxy) is 1. The molecule has 0 fully saturated rings. The average Bonchev–Trinajstić information content (AvgIpc) is 2.45. The number of carbonyl (C=O) groups is 2. The van der Waals surface area contributed by atoms with Gasteiger partial charge in [-0.25, -0.2) is 9.59 Å². The molecule has 124 valence electrons. The number of nitrogens with one attached hydrogen (secondary N) is 2. The van der Waals surface area contributed by atoms with Crippen LogP contribution in [0.1, 0.15) is 40.5 Å². The molecule has 2 N–H and O–H groups in total. The summed E-state index contributed by atoms with van der Waals surface area (Å²) in [5.74, 6) is -0.0981. The molecule has 2 amide bonds. The van der Waals surface area contributed by atoms with E-state index in [0.717, 1.165) is 26.1 Å². The number of hydrogen-bond acceptors (Lipinski definition) is 4. The van der Waals surface area contributed by atoms with E-state index in [2.05, 4.69) is 29.4 Å². The molecule has 6 nitrogen and oxygen atoms in total. The molecule has 1 atom stereocenters. The Morgan fingerprint density at radius 3 is 2.29 bits per heavy atom. The fourth-order valence-corrected chi connectivity index (χ4v) is 2.08. The Bertz CT molecular complexity index is 305. The molecule has 0 aliphatic heterocycles. The molecule has 0 aliphatic carbocycles. The number of esters is 1. The Morgan fingerprint density at radius 1 is 1.19 bits per heavy atom. The number of nitrogens with zero attached hydrogens (tertiary/aromatic N) is 1. The van der Waals surface area contributed by atoms with E-state index in [4.69, 9.17) is 4.74 Å². The van der Waals surface area contributed by atoms with Crippen molar-refractivity contribution < 1.29 is 14.3 Å². The Morgan fingerprint density at radius 2 is 1.81 bits per heavy atom. The number of hydrogen-bond donors (Lipinski definition) is 2. The second-order valence-corrected chi connectivity index (χ2v) is 5.49. The summed E-state index contributed by atoms with van der Waals surface area (Å²) in [6.07, 6.45) is 1.46. The van der Waals surface area contributed by atoms with Crippen molar-refractivity contribution in [2.45, 2.75) is 46.6 Å². The third-order valence-electron chi connectivity index (χ3n) is 3.33. The normalized spacial score (nSPS) is 12.3. The van der Waals surface area contributed by atoms with Gasteiger partial charge in [-0.05, 0) is 38.4 Å². The molecule has 0 heterocycles. The topological polar surface area (TPSA) is 70.7 Å². The summed E-state index contributed by atoms with van der Waals surface area (Å²) in [6.45, 7) is 11.8. The van der Waals surface area contributed by atoms with Gasteiger partial charge in [0.05, 0.1) is 7.11 Å². The quantitative estimate of drug-likeness (QED) is 0.475. The van der Waals surface area contributed by atoms with Crippen LogP contribution in [0, 0.1) is 5.92 Å². The lowest BCUT2D eigenvalue weighted by Crippen LogP contribution is -2.47. The summed E-state index contributed by atoms with van der Waals surface area (Å²) < 4.78 is 4.71. The molecule has 0 spiro atoms. The van der Waals surface area contributed by atoms with Crippen LogP contribution < -0.4 is 10.6 Å². The van der Waals surface area contributed by atoms with Crippen LogP contribution in [0.4, 0.5) is 4.79 Å². The SMILES string of the molecule is CCN(CC)CCCNC(=O)NC(CC(C)C)C(=O)OC. The zero-order valence-electron chi connectivity index (χ0n) is 14.1. The van der Waals surface area contributed by atoms with Crippen LogP contribution in [-0.2, 0) is 9.53 Å². The van der Waals surface area contributed by atoms with Gasteiger partial charge in [0, 0.05) is 6.54 Å². The maximum Gasteiger partial charge on any atom is 0.328 e. The number of methoxy groups -OCH3 is 1. The third kappa shape index (κ3) is 9.28. The molecule has 0 saturated carbocycles. The van der Waals surface area contributed by atoms with Crippen LogP contribution in [0.5, 0.6) is 0 Å². The van der Waals surface area contributed by atoms with Gasteiger partial charge >= 0.3 is 12.0 Å². The van der Waals surface area contributed by atoms with Crippen LogP contribution in [0.3, 0.4) is 0 Å². The number of urea groups is 1. The Kier molecular flexibility index (Phi) is 10.7. The highest BCUT2D eigenvalue weighted by molar-refractivity contribution is 5.83. The van der Waals surface area contributed by atoms with Gasteiger partial charge in [0.2, 0.25) is 0 Å². The first-order valence-corrected chi connectivity index (χ1v) is 7.79. The summed E-state index contributed by atoms with van der Waals surface area (Å²) in [7, 11) is 1.33. The molecule has 0 aromatic carbocycles.